The molecular weight excluding hydrogens is 346 g/mol. The van der Waals surface area contributed by atoms with Crippen molar-refractivity contribution in [3.63, 3.8) is 0 Å². The summed E-state index contributed by atoms with van der Waals surface area (Å²) in [6.45, 7) is 2.60. The number of carbonyl (C=O) groups excluding carboxylic acids is 1. The molecular formula is C21H21NO3S. The lowest BCUT2D eigenvalue weighted by molar-refractivity contribution is -0.124. The number of carbonyl (C=O) groups is 1. The quantitative estimate of drug-likeness (QED) is 0.833. The van der Waals surface area contributed by atoms with Gasteiger partial charge in [-0.3, -0.25) is 4.79 Å². The Hall–Kier alpha value is -2.40. The Morgan fingerprint density at radius 2 is 1.69 bits per heavy atom. The third-order valence-electron chi connectivity index (χ3n) is 5.03. The van der Waals surface area contributed by atoms with Crippen LogP contribution in [0.5, 0.6) is 0 Å². The predicted octanol–water partition coefficient (Wildman–Crippen LogP) is 3.31. The molecule has 0 aromatic heterocycles. The van der Waals surface area contributed by atoms with Crippen LogP contribution < -0.4 is 0 Å². The van der Waals surface area contributed by atoms with Crippen molar-refractivity contribution >= 4 is 26.9 Å². The van der Waals surface area contributed by atoms with Gasteiger partial charge in [0.2, 0.25) is 0 Å². The smallest absolute Gasteiger partial charge is 0.255 e. The highest BCUT2D eigenvalue weighted by atomic mass is 32.2. The molecule has 0 N–H and O–H groups in total. The fourth-order valence-electron chi connectivity index (χ4n) is 3.51. The molecule has 2 aliphatic rings. The lowest BCUT2D eigenvalue weighted by Crippen LogP contribution is -2.29. The van der Waals surface area contributed by atoms with Crippen LogP contribution in [0.15, 0.2) is 53.4 Å². The molecule has 26 heavy (non-hydrogen) atoms. The highest BCUT2D eigenvalue weighted by molar-refractivity contribution is 7.90. The fraction of sp³-hybridized carbons (Fsp3) is 0.286. The lowest BCUT2D eigenvalue weighted by Gasteiger charge is -2.15. The highest BCUT2D eigenvalue weighted by Crippen LogP contribution is 2.40. The standard InChI is InChI=1S/C21H21NO3S/c1-14-4-3-5-16(12-14)20-19(13-22(21(20)23)17-8-9-17)15-6-10-18(11-7-15)26(2,24)25/h3-7,10-12,17H,8-9,13H2,1-2H3. The number of hydrogen-bond acceptors (Lipinski definition) is 3. The first-order valence-electron chi connectivity index (χ1n) is 8.76. The van der Waals surface area contributed by atoms with E-state index >= 15 is 0 Å². The zero-order chi connectivity index (χ0) is 18.5. The molecule has 0 spiro atoms. The predicted molar refractivity (Wildman–Crippen MR) is 102 cm³/mol. The van der Waals surface area contributed by atoms with Gasteiger partial charge in [0.25, 0.3) is 5.91 Å². The van der Waals surface area contributed by atoms with Crippen LogP contribution in [0.1, 0.15) is 29.5 Å². The van der Waals surface area contributed by atoms with Gasteiger partial charge in [0, 0.05) is 18.8 Å². The van der Waals surface area contributed by atoms with Crippen molar-refractivity contribution in [1.82, 2.24) is 4.90 Å². The van der Waals surface area contributed by atoms with Gasteiger partial charge < -0.3 is 4.90 Å². The summed E-state index contributed by atoms with van der Waals surface area (Å²) in [5, 5.41) is 0. The first-order chi connectivity index (χ1) is 12.3. The van der Waals surface area contributed by atoms with Crippen LogP contribution >= 0.6 is 0 Å². The molecule has 1 aliphatic heterocycles. The van der Waals surface area contributed by atoms with E-state index in [1.165, 1.54) is 6.26 Å². The molecule has 0 atom stereocenters. The van der Waals surface area contributed by atoms with E-state index in [1.54, 1.807) is 12.1 Å². The van der Waals surface area contributed by atoms with Crippen molar-refractivity contribution in [2.75, 3.05) is 12.8 Å². The molecule has 1 amide bonds. The molecule has 0 bridgehead atoms. The van der Waals surface area contributed by atoms with Crippen molar-refractivity contribution in [2.24, 2.45) is 0 Å². The Labute approximate surface area is 154 Å². The molecule has 0 unspecified atom stereocenters. The Kier molecular flexibility index (Phi) is 3.99. The zero-order valence-electron chi connectivity index (χ0n) is 14.9. The summed E-state index contributed by atoms with van der Waals surface area (Å²) in [7, 11) is -3.23. The second-order valence-electron chi connectivity index (χ2n) is 7.18. The molecule has 1 fully saturated rings. The third-order valence-corrected chi connectivity index (χ3v) is 6.16. The van der Waals surface area contributed by atoms with Gasteiger partial charge in [-0.1, -0.05) is 42.0 Å². The molecule has 4 nitrogen and oxygen atoms in total. The number of rotatable bonds is 4. The molecule has 0 radical (unpaired) electrons. The Morgan fingerprint density at radius 1 is 1.00 bits per heavy atom. The Balaban J connectivity index is 1.82. The van der Waals surface area contributed by atoms with Crippen molar-refractivity contribution in [2.45, 2.75) is 30.7 Å². The summed E-state index contributed by atoms with van der Waals surface area (Å²) in [6, 6.07) is 15.2. The van der Waals surface area contributed by atoms with Gasteiger partial charge in [-0.2, -0.15) is 0 Å². The van der Waals surface area contributed by atoms with E-state index in [9.17, 15) is 13.2 Å². The molecule has 1 saturated carbocycles. The molecule has 1 aliphatic carbocycles. The average Bonchev–Trinajstić information content (AvgIpc) is 3.37. The van der Waals surface area contributed by atoms with Crippen molar-refractivity contribution < 1.29 is 13.2 Å². The van der Waals surface area contributed by atoms with Gasteiger partial charge in [-0.25, -0.2) is 8.42 Å². The van der Waals surface area contributed by atoms with Crippen LogP contribution in [0.25, 0.3) is 11.1 Å². The summed E-state index contributed by atoms with van der Waals surface area (Å²) >= 11 is 0. The van der Waals surface area contributed by atoms with Crippen molar-refractivity contribution in [3.05, 3.63) is 65.2 Å². The Morgan fingerprint density at radius 3 is 2.27 bits per heavy atom. The van der Waals surface area contributed by atoms with Crippen LogP contribution in [0.4, 0.5) is 0 Å². The van der Waals surface area contributed by atoms with Crippen molar-refractivity contribution in [3.8, 4) is 0 Å². The van der Waals surface area contributed by atoms with E-state index in [4.69, 9.17) is 0 Å². The SMILES string of the molecule is Cc1cccc(C2=C(c3ccc(S(C)(=O)=O)cc3)CN(C3CC3)C2=O)c1. The second kappa shape index (κ2) is 6.09. The van der Waals surface area contributed by atoms with Gasteiger partial charge in [-0.05, 0) is 48.6 Å². The van der Waals surface area contributed by atoms with E-state index in [0.717, 1.165) is 40.7 Å². The second-order valence-corrected chi connectivity index (χ2v) is 9.20. The summed E-state index contributed by atoms with van der Waals surface area (Å²) in [5.74, 6) is 0.0836. The van der Waals surface area contributed by atoms with Gasteiger partial charge in [0.15, 0.2) is 9.84 Å². The lowest BCUT2D eigenvalue weighted by atomic mass is 9.96. The molecule has 5 heteroatoms. The van der Waals surface area contributed by atoms with E-state index in [-0.39, 0.29) is 5.91 Å². The fourth-order valence-corrected chi connectivity index (χ4v) is 4.14. The van der Waals surface area contributed by atoms with E-state index in [0.29, 0.717) is 17.5 Å². The van der Waals surface area contributed by atoms with E-state index in [2.05, 4.69) is 0 Å². The van der Waals surface area contributed by atoms with Crippen LogP contribution in [0, 0.1) is 6.92 Å². The maximum Gasteiger partial charge on any atom is 0.255 e. The minimum Gasteiger partial charge on any atom is -0.331 e. The van der Waals surface area contributed by atoms with Crippen LogP contribution in [0.2, 0.25) is 0 Å². The minimum atomic E-state index is -3.23. The molecule has 2 aromatic rings. The molecule has 134 valence electrons. The van der Waals surface area contributed by atoms with Gasteiger partial charge in [-0.15, -0.1) is 0 Å². The van der Waals surface area contributed by atoms with Crippen LogP contribution in [0.3, 0.4) is 0 Å². The summed E-state index contributed by atoms with van der Waals surface area (Å²) in [5.41, 5.74) is 4.67. The Bertz CT molecular complexity index is 1020. The zero-order valence-corrected chi connectivity index (χ0v) is 15.7. The minimum absolute atomic E-state index is 0.0836. The van der Waals surface area contributed by atoms with Crippen LogP contribution in [-0.2, 0) is 14.6 Å². The highest BCUT2D eigenvalue weighted by Gasteiger charge is 2.40. The normalized spacial score (nSPS) is 17.9. The summed E-state index contributed by atoms with van der Waals surface area (Å²) in [6.07, 6.45) is 3.33. The first kappa shape index (κ1) is 17.0. The molecule has 2 aromatic carbocycles. The maximum absolute atomic E-state index is 13.1. The number of aryl methyl sites for hydroxylation is 1. The summed E-state index contributed by atoms with van der Waals surface area (Å²) < 4.78 is 23.4. The van der Waals surface area contributed by atoms with E-state index < -0.39 is 9.84 Å². The molecule has 0 saturated heterocycles. The van der Waals surface area contributed by atoms with Crippen LogP contribution in [-0.4, -0.2) is 38.1 Å². The van der Waals surface area contributed by atoms with Crippen molar-refractivity contribution in [1.29, 1.82) is 0 Å². The number of nitrogens with zero attached hydrogens (tertiary/aromatic N) is 1. The van der Waals surface area contributed by atoms with Gasteiger partial charge in [0.05, 0.1) is 10.5 Å². The largest absolute Gasteiger partial charge is 0.331 e. The number of hydrogen-bond donors (Lipinski definition) is 0. The third kappa shape index (κ3) is 3.07. The van der Waals surface area contributed by atoms with Gasteiger partial charge >= 0.3 is 0 Å². The van der Waals surface area contributed by atoms with Gasteiger partial charge in [0.1, 0.15) is 0 Å². The number of sulfone groups is 1. The maximum atomic E-state index is 13.1. The molecule has 4 rings (SSSR count). The monoisotopic (exact) mass is 367 g/mol. The number of amides is 1. The average molecular weight is 367 g/mol. The number of benzene rings is 2. The molecule has 1 heterocycles. The first-order valence-corrected chi connectivity index (χ1v) is 10.7. The summed E-state index contributed by atoms with van der Waals surface area (Å²) in [4.78, 5) is 15.3. The topological polar surface area (TPSA) is 54.5 Å². The van der Waals surface area contributed by atoms with E-state index in [1.807, 2.05) is 48.2 Å².